The van der Waals surface area contributed by atoms with Crippen LogP contribution in [0.4, 0.5) is 10.5 Å². The third-order valence-corrected chi connectivity index (χ3v) is 5.01. The minimum absolute atomic E-state index is 0.0644. The maximum Gasteiger partial charge on any atom is 0.411 e. The SMILES string of the molecule is CC(C)(C)OC(=O)N(Cc1ccccc1)C(CC(=O)O)C(=O)N1CCc2ccccc21. The molecular weight excluding hydrogens is 396 g/mol. The zero-order valence-electron chi connectivity index (χ0n) is 18.1. The fraction of sp³-hybridized carbons (Fsp3) is 0.375. The molecule has 0 radical (unpaired) electrons. The van der Waals surface area contributed by atoms with Crippen LogP contribution in [0.3, 0.4) is 0 Å². The molecule has 3 rings (SSSR count). The van der Waals surface area contributed by atoms with Crippen LogP contribution >= 0.6 is 0 Å². The molecule has 0 aromatic heterocycles. The van der Waals surface area contributed by atoms with E-state index in [0.717, 1.165) is 16.8 Å². The lowest BCUT2D eigenvalue weighted by Crippen LogP contribution is -2.52. The van der Waals surface area contributed by atoms with E-state index in [1.807, 2.05) is 54.6 Å². The summed E-state index contributed by atoms with van der Waals surface area (Å²) in [6.45, 7) is 5.71. The monoisotopic (exact) mass is 424 g/mol. The number of hydrogen-bond acceptors (Lipinski definition) is 4. The molecule has 0 saturated carbocycles. The van der Waals surface area contributed by atoms with Gasteiger partial charge in [-0.15, -0.1) is 0 Å². The normalized spacial score (nSPS) is 14.0. The molecule has 31 heavy (non-hydrogen) atoms. The van der Waals surface area contributed by atoms with Gasteiger partial charge in [-0.05, 0) is 44.4 Å². The molecule has 1 aliphatic rings. The number of hydrogen-bond donors (Lipinski definition) is 1. The predicted molar refractivity (Wildman–Crippen MR) is 117 cm³/mol. The Kier molecular flexibility index (Phi) is 6.63. The summed E-state index contributed by atoms with van der Waals surface area (Å²) >= 11 is 0. The van der Waals surface area contributed by atoms with Gasteiger partial charge in [-0.1, -0.05) is 48.5 Å². The van der Waals surface area contributed by atoms with Crippen LogP contribution in [-0.2, 0) is 27.3 Å². The molecule has 0 aliphatic carbocycles. The van der Waals surface area contributed by atoms with Crippen molar-refractivity contribution in [3.63, 3.8) is 0 Å². The standard InChI is InChI=1S/C24H28N2O5/c1-24(2,3)31-23(30)26(16-17-9-5-4-6-10-17)20(15-21(27)28)22(29)25-14-13-18-11-7-8-12-19(18)25/h4-12,20H,13-16H2,1-3H3,(H,27,28). The van der Waals surface area contributed by atoms with Gasteiger partial charge in [0.05, 0.1) is 6.42 Å². The first kappa shape index (κ1) is 22.3. The minimum Gasteiger partial charge on any atom is -0.481 e. The van der Waals surface area contributed by atoms with E-state index < -0.39 is 36.0 Å². The van der Waals surface area contributed by atoms with E-state index >= 15 is 0 Å². The van der Waals surface area contributed by atoms with Crippen molar-refractivity contribution in [3.05, 3.63) is 65.7 Å². The fourth-order valence-electron chi connectivity index (χ4n) is 3.65. The minimum atomic E-state index is -1.20. The van der Waals surface area contributed by atoms with Crippen molar-refractivity contribution in [2.75, 3.05) is 11.4 Å². The van der Waals surface area contributed by atoms with Gasteiger partial charge in [-0.2, -0.15) is 0 Å². The topological polar surface area (TPSA) is 87.1 Å². The van der Waals surface area contributed by atoms with E-state index in [4.69, 9.17) is 4.74 Å². The van der Waals surface area contributed by atoms with Gasteiger partial charge in [-0.3, -0.25) is 14.5 Å². The van der Waals surface area contributed by atoms with Gasteiger partial charge in [0.1, 0.15) is 11.6 Å². The molecule has 0 spiro atoms. The smallest absolute Gasteiger partial charge is 0.411 e. The summed E-state index contributed by atoms with van der Waals surface area (Å²) in [6, 6.07) is 15.5. The summed E-state index contributed by atoms with van der Waals surface area (Å²) < 4.78 is 5.54. The van der Waals surface area contributed by atoms with Gasteiger partial charge in [0.25, 0.3) is 5.91 Å². The lowest BCUT2D eigenvalue weighted by atomic mass is 10.1. The largest absolute Gasteiger partial charge is 0.481 e. The molecule has 1 aliphatic heterocycles. The number of para-hydroxylation sites is 1. The van der Waals surface area contributed by atoms with Gasteiger partial charge in [0, 0.05) is 18.8 Å². The van der Waals surface area contributed by atoms with Crippen LogP contribution in [0.1, 0.15) is 38.3 Å². The number of ether oxygens (including phenoxy) is 1. The number of carbonyl (C=O) groups is 3. The summed E-state index contributed by atoms with van der Waals surface area (Å²) in [7, 11) is 0. The van der Waals surface area contributed by atoms with Crippen molar-refractivity contribution in [1.29, 1.82) is 0 Å². The Labute approximate surface area is 182 Å². The quantitative estimate of drug-likeness (QED) is 0.761. The molecule has 0 bridgehead atoms. The molecule has 0 fully saturated rings. The van der Waals surface area contributed by atoms with Gasteiger partial charge < -0.3 is 14.7 Å². The van der Waals surface area contributed by atoms with Crippen molar-refractivity contribution in [2.45, 2.75) is 51.8 Å². The highest BCUT2D eigenvalue weighted by molar-refractivity contribution is 6.01. The van der Waals surface area contributed by atoms with Crippen molar-refractivity contribution in [3.8, 4) is 0 Å². The first-order valence-electron chi connectivity index (χ1n) is 10.3. The first-order chi connectivity index (χ1) is 14.7. The Morgan fingerprint density at radius 2 is 1.71 bits per heavy atom. The highest BCUT2D eigenvalue weighted by atomic mass is 16.6. The maximum absolute atomic E-state index is 13.6. The van der Waals surface area contributed by atoms with E-state index in [1.165, 1.54) is 4.90 Å². The van der Waals surface area contributed by atoms with Gasteiger partial charge in [-0.25, -0.2) is 4.79 Å². The van der Waals surface area contributed by atoms with E-state index in [-0.39, 0.29) is 6.54 Å². The Hall–Kier alpha value is -3.35. The number of carboxylic acid groups (broad SMARTS) is 1. The number of benzene rings is 2. The number of amides is 2. The Balaban J connectivity index is 1.96. The van der Waals surface area contributed by atoms with Crippen LogP contribution in [0, 0.1) is 0 Å². The van der Waals surface area contributed by atoms with E-state index in [9.17, 15) is 19.5 Å². The maximum atomic E-state index is 13.6. The second-order valence-corrected chi connectivity index (χ2v) is 8.58. The molecule has 1 atom stereocenters. The third kappa shape index (κ3) is 5.63. The van der Waals surface area contributed by atoms with Crippen LogP contribution in [0.15, 0.2) is 54.6 Å². The second kappa shape index (κ2) is 9.20. The molecule has 0 saturated heterocycles. The summed E-state index contributed by atoms with van der Waals surface area (Å²) in [6.07, 6.45) is -0.542. The summed E-state index contributed by atoms with van der Waals surface area (Å²) in [5.41, 5.74) is 1.77. The van der Waals surface area contributed by atoms with Crippen molar-refractivity contribution in [2.24, 2.45) is 0 Å². The predicted octanol–water partition coefficient (Wildman–Crippen LogP) is 3.86. The second-order valence-electron chi connectivity index (χ2n) is 8.58. The molecule has 2 amide bonds. The number of aliphatic carboxylic acids is 1. The molecule has 2 aromatic carbocycles. The van der Waals surface area contributed by atoms with E-state index in [2.05, 4.69) is 0 Å². The van der Waals surface area contributed by atoms with Crippen LogP contribution in [0.5, 0.6) is 0 Å². The molecule has 7 nitrogen and oxygen atoms in total. The number of rotatable bonds is 6. The highest BCUT2D eigenvalue weighted by Crippen LogP contribution is 2.29. The molecule has 7 heteroatoms. The first-order valence-corrected chi connectivity index (χ1v) is 10.3. The average Bonchev–Trinajstić information content (AvgIpc) is 3.13. The number of carbonyl (C=O) groups excluding carboxylic acids is 2. The van der Waals surface area contributed by atoms with Crippen molar-refractivity contribution >= 4 is 23.7 Å². The summed E-state index contributed by atoms with van der Waals surface area (Å²) in [5.74, 6) is -1.58. The van der Waals surface area contributed by atoms with Gasteiger partial charge >= 0.3 is 12.1 Å². The molecule has 1 unspecified atom stereocenters. The summed E-state index contributed by atoms with van der Waals surface area (Å²) in [5, 5.41) is 9.55. The fourth-order valence-corrected chi connectivity index (χ4v) is 3.65. The Bertz CT molecular complexity index is 952. The molecule has 164 valence electrons. The van der Waals surface area contributed by atoms with Crippen molar-refractivity contribution < 1.29 is 24.2 Å². The van der Waals surface area contributed by atoms with E-state index in [0.29, 0.717) is 13.0 Å². The summed E-state index contributed by atoms with van der Waals surface area (Å²) in [4.78, 5) is 41.1. The Morgan fingerprint density at radius 1 is 1.06 bits per heavy atom. The lowest BCUT2D eigenvalue weighted by molar-refractivity contribution is -0.141. The molecule has 2 aromatic rings. The van der Waals surface area contributed by atoms with Crippen LogP contribution in [0.2, 0.25) is 0 Å². The molecule has 1 N–H and O–H groups in total. The van der Waals surface area contributed by atoms with Crippen molar-refractivity contribution in [1.82, 2.24) is 4.90 Å². The Morgan fingerprint density at radius 3 is 2.35 bits per heavy atom. The van der Waals surface area contributed by atoms with E-state index in [1.54, 1.807) is 25.7 Å². The zero-order valence-corrected chi connectivity index (χ0v) is 18.1. The lowest BCUT2D eigenvalue weighted by Gasteiger charge is -2.34. The number of nitrogens with zero attached hydrogens (tertiary/aromatic N) is 2. The number of carboxylic acids is 1. The number of fused-ring (bicyclic) bond motifs is 1. The zero-order chi connectivity index (χ0) is 22.6. The van der Waals surface area contributed by atoms with Gasteiger partial charge in [0.2, 0.25) is 0 Å². The molecular formula is C24H28N2O5. The number of anilines is 1. The van der Waals surface area contributed by atoms with Crippen LogP contribution in [-0.4, -0.2) is 46.2 Å². The van der Waals surface area contributed by atoms with Crippen LogP contribution < -0.4 is 4.90 Å². The third-order valence-electron chi connectivity index (χ3n) is 5.01. The van der Waals surface area contributed by atoms with Gasteiger partial charge in [0.15, 0.2) is 0 Å². The average molecular weight is 424 g/mol. The van der Waals surface area contributed by atoms with Crippen LogP contribution in [0.25, 0.3) is 0 Å². The molecule has 1 heterocycles. The highest BCUT2D eigenvalue weighted by Gasteiger charge is 2.39.